The highest BCUT2D eigenvalue weighted by Crippen LogP contribution is 2.39. The second-order valence-corrected chi connectivity index (χ2v) is 6.69. The molecule has 0 atom stereocenters. The summed E-state index contributed by atoms with van der Waals surface area (Å²) in [6.45, 7) is 6.52. The van der Waals surface area contributed by atoms with Crippen LogP contribution in [0.1, 0.15) is 37.1 Å². The molecule has 1 amide bonds. The number of hydrogen-bond acceptors (Lipinski definition) is 5. The molecule has 6 nitrogen and oxygen atoms in total. The number of nitrogens with zero attached hydrogens (tertiary/aromatic N) is 3. The van der Waals surface area contributed by atoms with Crippen molar-refractivity contribution in [1.29, 1.82) is 0 Å². The maximum atomic E-state index is 12.8. The van der Waals surface area contributed by atoms with Crippen molar-refractivity contribution >= 4 is 30.7 Å². The van der Waals surface area contributed by atoms with E-state index in [0.29, 0.717) is 6.54 Å². The molecule has 24 heavy (non-hydrogen) atoms. The summed E-state index contributed by atoms with van der Waals surface area (Å²) in [4.78, 5) is 17.1. The number of nitrogens with two attached hydrogens (primary N) is 1. The van der Waals surface area contributed by atoms with Crippen LogP contribution in [-0.2, 0) is 11.3 Å². The van der Waals surface area contributed by atoms with Gasteiger partial charge < -0.3 is 15.2 Å². The summed E-state index contributed by atoms with van der Waals surface area (Å²) < 4.78 is 5.27. The number of carbonyl (C=O) groups is 1. The molecule has 0 spiro atoms. The zero-order chi connectivity index (χ0) is 15.6. The number of hydrogen-bond donors (Lipinski definition) is 1. The molecule has 1 aliphatic heterocycles. The summed E-state index contributed by atoms with van der Waals surface area (Å²) in [6.07, 6.45) is 4.18. The van der Waals surface area contributed by atoms with Gasteiger partial charge in [0.25, 0.3) is 0 Å². The van der Waals surface area contributed by atoms with Crippen LogP contribution in [0.3, 0.4) is 0 Å². The van der Waals surface area contributed by atoms with E-state index in [4.69, 9.17) is 10.3 Å². The fourth-order valence-corrected chi connectivity index (χ4v) is 3.71. The predicted molar refractivity (Wildman–Crippen MR) is 97.5 cm³/mol. The van der Waals surface area contributed by atoms with E-state index in [2.05, 4.69) is 10.1 Å². The summed E-state index contributed by atoms with van der Waals surface area (Å²) in [5, 5.41) is 3.92. The number of carbonyl (C=O) groups excluding carboxylic acids is 1. The fraction of sp³-hybridized carbons (Fsp3) is 0.750. The van der Waals surface area contributed by atoms with Crippen LogP contribution in [0.5, 0.6) is 0 Å². The Morgan fingerprint density at radius 3 is 2.38 bits per heavy atom. The Morgan fingerprint density at radius 2 is 1.88 bits per heavy atom. The Kier molecular flexibility index (Phi) is 7.99. The molecule has 2 fully saturated rings. The molecular weight excluding hydrogens is 351 g/mol. The van der Waals surface area contributed by atoms with Gasteiger partial charge in [-0.15, -0.1) is 24.8 Å². The predicted octanol–water partition coefficient (Wildman–Crippen LogP) is 1.99. The second-order valence-electron chi connectivity index (χ2n) is 6.69. The van der Waals surface area contributed by atoms with Crippen LogP contribution in [0.15, 0.2) is 10.6 Å². The van der Waals surface area contributed by atoms with Crippen molar-refractivity contribution in [3.05, 3.63) is 17.5 Å². The smallest absolute Gasteiger partial charge is 0.230 e. The molecule has 138 valence electrons. The SMILES string of the molecule is Cc1cc(CN2CCN(C(=O)C3(CN)CCCC3)CC2)on1.Cl.Cl. The third kappa shape index (κ3) is 4.42. The van der Waals surface area contributed by atoms with Crippen LogP contribution >= 0.6 is 24.8 Å². The summed E-state index contributed by atoms with van der Waals surface area (Å²) in [6, 6.07) is 1.97. The van der Waals surface area contributed by atoms with Crippen molar-refractivity contribution in [3.8, 4) is 0 Å². The molecule has 2 N–H and O–H groups in total. The zero-order valence-electron chi connectivity index (χ0n) is 14.2. The summed E-state index contributed by atoms with van der Waals surface area (Å²) in [5.41, 5.74) is 6.57. The highest BCUT2D eigenvalue weighted by Gasteiger charge is 2.42. The molecule has 0 bridgehead atoms. The lowest BCUT2D eigenvalue weighted by Gasteiger charge is -2.39. The number of amides is 1. The minimum absolute atomic E-state index is 0. The molecule has 1 saturated heterocycles. The van der Waals surface area contributed by atoms with E-state index in [0.717, 1.165) is 69.9 Å². The van der Waals surface area contributed by atoms with Crippen molar-refractivity contribution < 1.29 is 9.32 Å². The van der Waals surface area contributed by atoms with Crippen LogP contribution in [0.4, 0.5) is 0 Å². The fourth-order valence-electron chi connectivity index (χ4n) is 3.71. The average molecular weight is 379 g/mol. The normalized spacial score (nSPS) is 20.3. The third-order valence-corrected chi connectivity index (χ3v) is 5.12. The summed E-state index contributed by atoms with van der Waals surface area (Å²) >= 11 is 0. The van der Waals surface area contributed by atoms with E-state index in [9.17, 15) is 4.79 Å². The van der Waals surface area contributed by atoms with Crippen molar-refractivity contribution in [2.24, 2.45) is 11.1 Å². The first-order valence-electron chi connectivity index (χ1n) is 8.27. The largest absolute Gasteiger partial charge is 0.360 e. The first-order valence-corrected chi connectivity index (χ1v) is 8.27. The molecule has 1 aromatic heterocycles. The van der Waals surface area contributed by atoms with Crippen molar-refractivity contribution in [3.63, 3.8) is 0 Å². The lowest BCUT2D eigenvalue weighted by Crippen LogP contribution is -2.54. The van der Waals surface area contributed by atoms with Crippen LogP contribution in [0.2, 0.25) is 0 Å². The first-order chi connectivity index (χ1) is 10.6. The van der Waals surface area contributed by atoms with E-state index in [-0.39, 0.29) is 36.1 Å². The van der Waals surface area contributed by atoms with E-state index in [1.165, 1.54) is 0 Å². The van der Waals surface area contributed by atoms with E-state index in [1.54, 1.807) is 0 Å². The molecule has 1 aromatic rings. The van der Waals surface area contributed by atoms with Crippen molar-refractivity contribution in [2.75, 3.05) is 32.7 Å². The van der Waals surface area contributed by atoms with Crippen LogP contribution < -0.4 is 5.73 Å². The van der Waals surface area contributed by atoms with Crippen molar-refractivity contribution in [2.45, 2.75) is 39.2 Å². The quantitative estimate of drug-likeness (QED) is 0.866. The standard InChI is InChI=1S/C16H26N4O2.2ClH/c1-13-10-14(22-18-13)11-19-6-8-20(9-7-19)15(21)16(12-17)4-2-3-5-16;;/h10H,2-9,11-12,17H2,1H3;2*1H. The van der Waals surface area contributed by atoms with Gasteiger partial charge >= 0.3 is 0 Å². The maximum Gasteiger partial charge on any atom is 0.230 e. The van der Waals surface area contributed by atoms with Crippen LogP contribution in [-0.4, -0.2) is 53.6 Å². The van der Waals surface area contributed by atoms with Gasteiger partial charge in [-0.25, -0.2) is 0 Å². The van der Waals surface area contributed by atoms with Crippen LogP contribution in [0, 0.1) is 12.3 Å². The van der Waals surface area contributed by atoms with Gasteiger partial charge in [0.15, 0.2) is 5.76 Å². The Balaban J connectivity index is 0.00000144. The summed E-state index contributed by atoms with van der Waals surface area (Å²) in [7, 11) is 0. The molecule has 1 aliphatic carbocycles. The van der Waals surface area contributed by atoms with Crippen molar-refractivity contribution in [1.82, 2.24) is 15.0 Å². The molecule has 2 heterocycles. The molecule has 0 aromatic carbocycles. The summed E-state index contributed by atoms with van der Waals surface area (Å²) in [5.74, 6) is 1.18. The number of aromatic nitrogens is 1. The lowest BCUT2D eigenvalue weighted by atomic mass is 9.84. The van der Waals surface area contributed by atoms with E-state index >= 15 is 0 Å². The van der Waals surface area contributed by atoms with Gasteiger partial charge in [-0.05, 0) is 19.8 Å². The molecule has 3 rings (SSSR count). The number of aryl methyl sites for hydroxylation is 1. The van der Waals surface area contributed by atoms with Gasteiger partial charge in [0, 0.05) is 38.8 Å². The third-order valence-electron chi connectivity index (χ3n) is 5.12. The van der Waals surface area contributed by atoms with Crippen LogP contribution in [0.25, 0.3) is 0 Å². The van der Waals surface area contributed by atoms with Gasteiger partial charge in [0.05, 0.1) is 17.7 Å². The minimum atomic E-state index is -0.274. The Labute approximate surface area is 155 Å². The number of rotatable bonds is 4. The molecule has 0 unspecified atom stereocenters. The molecule has 2 aliphatic rings. The maximum absolute atomic E-state index is 12.8. The second kappa shape index (κ2) is 9.04. The number of halogens is 2. The molecule has 0 radical (unpaired) electrons. The molecule has 1 saturated carbocycles. The van der Waals surface area contributed by atoms with E-state index < -0.39 is 0 Å². The zero-order valence-corrected chi connectivity index (χ0v) is 15.8. The van der Waals surface area contributed by atoms with Gasteiger partial charge in [-0.2, -0.15) is 0 Å². The molecular formula is C16H28Cl2N4O2. The first kappa shape index (κ1) is 21.2. The minimum Gasteiger partial charge on any atom is -0.360 e. The Morgan fingerprint density at radius 1 is 1.25 bits per heavy atom. The molecule has 8 heteroatoms. The Bertz CT molecular complexity index is 524. The van der Waals surface area contributed by atoms with E-state index in [1.807, 2.05) is 17.9 Å². The monoisotopic (exact) mass is 378 g/mol. The topological polar surface area (TPSA) is 75.6 Å². The van der Waals surface area contributed by atoms with Gasteiger partial charge in [-0.3, -0.25) is 9.69 Å². The van der Waals surface area contributed by atoms with Gasteiger partial charge in [0.2, 0.25) is 5.91 Å². The average Bonchev–Trinajstić information content (AvgIpc) is 3.17. The highest BCUT2D eigenvalue weighted by atomic mass is 35.5. The Hall–Kier alpha value is -0.820. The lowest BCUT2D eigenvalue weighted by molar-refractivity contribution is -0.143. The highest BCUT2D eigenvalue weighted by molar-refractivity contribution is 5.85. The van der Waals surface area contributed by atoms with Gasteiger partial charge in [-0.1, -0.05) is 18.0 Å². The number of piperazine rings is 1. The van der Waals surface area contributed by atoms with Gasteiger partial charge in [0.1, 0.15) is 0 Å².